The molecule has 1 saturated heterocycles. The van der Waals surface area contributed by atoms with E-state index in [0.717, 1.165) is 31.5 Å². The van der Waals surface area contributed by atoms with Gasteiger partial charge in [-0.3, -0.25) is 0 Å². The van der Waals surface area contributed by atoms with Gasteiger partial charge in [-0.15, -0.1) is 0 Å². The van der Waals surface area contributed by atoms with Gasteiger partial charge in [0.15, 0.2) is 0 Å². The second kappa shape index (κ2) is 5.90. The summed E-state index contributed by atoms with van der Waals surface area (Å²) in [5, 5.41) is 14.2. The van der Waals surface area contributed by atoms with Crippen LogP contribution in [0, 0.1) is 0 Å². The smallest absolute Gasteiger partial charge is 0.238 e. The first-order valence-corrected chi connectivity index (χ1v) is 8.07. The van der Waals surface area contributed by atoms with Gasteiger partial charge in [-0.2, -0.15) is 0 Å². The molecule has 1 aliphatic heterocycles. The average molecular weight is 284 g/mol. The Morgan fingerprint density at radius 1 is 1.26 bits per heavy atom. The summed E-state index contributed by atoms with van der Waals surface area (Å²) < 4.78 is 22.4. The molecule has 0 aromatic heterocycles. The van der Waals surface area contributed by atoms with Crippen LogP contribution in [0.25, 0.3) is 0 Å². The number of aliphatic hydroxyl groups is 1. The minimum Gasteiger partial charge on any atom is -0.396 e. The van der Waals surface area contributed by atoms with Crippen LogP contribution in [0.4, 0.5) is 5.69 Å². The Kier molecular flexibility index (Phi) is 4.44. The van der Waals surface area contributed by atoms with Crippen LogP contribution in [0.5, 0.6) is 0 Å². The summed E-state index contributed by atoms with van der Waals surface area (Å²) in [5.74, 6) is 0. The second-order valence-electron chi connectivity index (χ2n) is 4.89. The highest BCUT2D eigenvalue weighted by atomic mass is 32.2. The minimum atomic E-state index is -3.63. The van der Waals surface area contributed by atoms with Crippen LogP contribution in [0.2, 0.25) is 0 Å². The lowest BCUT2D eigenvalue weighted by Crippen LogP contribution is -2.40. The Balaban J connectivity index is 2.20. The molecule has 1 unspecified atom stereocenters. The molecule has 1 aliphatic rings. The topological polar surface area (TPSA) is 83.6 Å². The van der Waals surface area contributed by atoms with Crippen molar-refractivity contribution in [2.75, 3.05) is 18.1 Å². The fourth-order valence-electron chi connectivity index (χ4n) is 2.62. The van der Waals surface area contributed by atoms with E-state index in [1.165, 1.54) is 18.6 Å². The highest BCUT2D eigenvalue weighted by molar-refractivity contribution is 7.89. The number of anilines is 1. The quantitative estimate of drug-likeness (QED) is 0.866. The number of rotatable bonds is 4. The van der Waals surface area contributed by atoms with Crippen LogP contribution < -0.4 is 10.0 Å². The molecule has 0 spiro atoms. The molecule has 0 aliphatic carbocycles. The lowest BCUT2D eigenvalue weighted by atomic mass is 9.99. The third-order valence-electron chi connectivity index (χ3n) is 3.59. The van der Waals surface area contributed by atoms with Crippen LogP contribution in [-0.2, 0) is 10.0 Å². The van der Waals surface area contributed by atoms with Gasteiger partial charge in [-0.1, -0.05) is 0 Å². The largest absolute Gasteiger partial charge is 0.396 e. The van der Waals surface area contributed by atoms with Gasteiger partial charge < -0.3 is 10.0 Å². The summed E-state index contributed by atoms with van der Waals surface area (Å²) >= 11 is 0. The van der Waals surface area contributed by atoms with E-state index in [1.54, 1.807) is 12.1 Å². The predicted octanol–water partition coefficient (Wildman–Crippen LogP) is 1.08. The van der Waals surface area contributed by atoms with Crippen molar-refractivity contribution < 1.29 is 13.5 Å². The molecule has 1 aromatic carbocycles. The number of piperidine rings is 1. The molecule has 0 bridgehead atoms. The number of sulfonamides is 1. The van der Waals surface area contributed by atoms with Gasteiger partial charge >= 0.3 is 0 Å². The molecule has 1 fully saturated rings. The Hall–Kier alpha value is -1.11. The van der Waals surface area contributed by atoms with Crippen molar-refractivity contribution in [1.29, 1.82) is 0 Å². The maximum absolute atomic E-state index is 11.2. The summed E-state index contributed by atoms with van der Waals surface area (Å²) in [6.07, 6.45) is 4.11. The van der Waals surface area contributed by atoms with Gasteiger partial charge in [0, 0.05) is 24.9 Å². The van der Waals surface area contributed by atoms with Crippen molar-refractivity contribution in [2.45, 2.75) is 36.6 Å². The van der Waals surface area contributed by atoms with E-state index in [4.69, 9.17) is 10.2 Å². The normalized spacial score (nSPS) is 20.5. The number of hydrogen-bond donors (Lipinski definition) is 2. The molecule has 3 N–H and O–H groups in total. The fourth-order valence-corrected chi connectivity index (χ4v) is 3.13. The van der Waals surface area contributed by atoms with Gasteiger partial charge in [0.25, 0.3) is 0 Å². The van der Waals surface area contributed by atoms with Crippen LogP contribution >= 0.6 is 0 Å². The first-order chi connectivity index (χ1) is 9.02. The summed E-state index contributed by atoms with van der Waals surface area (Å²) in [4.78, 5) is 2.37. The predicted molar refractivity (Wildman–Crippen MR) is 74.5 cm³/mol. The third-order valence-corrected chi connectivity index (χ3v) is 4.52. The molecule has 106 valence electrons. The van der Waals surface area contributed by atoms with Crippen molar-refractivity contribution in [3.8, 4) is 0 Å². The van der Waals surface area contributed by atoms with E-state index in [2.05, 4.69) is 4.90 Å². The SMILES string of the molecule is NS(=O)(=O)c1ccc(N2CCCCC2CCO)cc1. The van der Waals surface area contributed by atoms with Crippen LogP contribution in [0.1, 0.15) is 25.7 Å². The highest BCUT2D eigenvalue weighted by Crippen LogP contribution is 2.27. The number of primary sulfonamides is 1. The van der Waals surface area contributed by atoms with Gasteiger partial charge in [-0.05, 0) is 49.9 Å². The van der Waals surface area contributed by atoms with E-state index in [0.29, 0.717) is 6.04 Å². The van der Waals surface area contributed by atoms with E-state index in [-0.39, 0.29) is 11.5 Å². The van der Waals surface area contributed by atoms with Gasteiger partial charge in [0.1, 0.15) is 0 Å². The molecule has 0 radical (unpaired) electrons. The standard InChI is InChI=1S/C13H20N2O3S/c14-19(17,18)13-6-4-12(5-7-13)15-9-2-1-3-11(15)8-10-16/h4-7,11,16H,1-3,8-10H2,(H2,14,17,18). The van der Waals surface area contributed by atoms with Crippen LogP contribution in [-0.4, -0.2) is 32.7 Å². The van der Waals surface area contributed by atoms with E-state index in [1.807, 2.05) is 0 Å². The molecule has 2 rings (SSSR count). The van der Waals surface area contributed by atoms with E-state index in [9.17, 15) is 8.42 Å². The molecular weight excluding hydrogens is 264 g/mol. The van der Waals surface area contributed by atoms with Crippen molar-refractivity contribution in [3.05, 3.63) is 24.3 Å². The Bertz CT molecular complexity index is 511. The van der Waals surface area contributed by atoms with Crippen molar-refractivity contribution in [1.82, 2.24) is 0 Å². The van der Waals surface area contributed by atoms with Crippen LogP contribution in [0.15, 0.2) is 29.2 Å². The van der Waals surface area contributed by atoms with E-state index >= 15 is 0 Å². The molecule has 0 amide bonds. The summed E-state index contributed by atoms with van der Waals surface area (Å²) in [7, 11) is -3.63. The van der Waals surface area contributed by atoms with Crippen LogP contribution in [0.3, 0.4) is 0 Å². The average Bonchev–Trinajstić information content (AvgIpc) is 2.39. The molecule has 19 heavy (non-hydrogen) atoms. The van der Waals surface area contributed by atoms with Crippen molar-refractivity contribution in [3.63, 3.8) is 0 Å². The molecule has 1 heterocycles. The molecule has 6 heteroatoms. The number of nitrogens with zero attached hydrogens (tertiary/aromatic N) is 1. The first kappa shape index (κ1) is 14.3. The molecule has 1 atom stereocenters. The maximum atomic E-state index is 11.2. The summed E-state index contributed by atoms with van der Waals surface area (Å²) in [6.45, 7) is 1.12. The molecule has 1 aromatic rings. The Labute approximate surface area is 114 Å². The lowest BCUT2D eigenvalue weighted by Gasteiger charge is -2.37. The summed E-state index contributed by atoms with van der Waals surface area (Å²) in [6, 6.07) is 6.98. The number of benzene rings is 1. The zero-order chi connectivity index (χ0) is 13.9. The number of nitrogens with two attached hydrogens (primary N) is 1. The Morgan fingerprint density at radius 3 is 2.53 bits per heavy atom. The monoisotopic (exact) mass is 284 g/mol. The van der Waals surface area contributed by atoms with E-state index < -0.39 is 10.0 Å². The first-order valence-electron chi connectivity index (χ1n) is 6.53. The fraction of sp³-hybridized carbons (Fsp3) is 0.538. The molecule has 0 saturated carbocycles. The lowest BCUT2D eigenvalue weighted by molar-refractivity contribution is 0.262. The maximum Gasteiger partial charge on any atom is 0.238 e. The number of aliphatic hydroxyl groups excluding tert-OH is 1. The zero-order valence-electron chi connectivity index (χ0n) is 10.8. The highest BCUT2D eigenvalue weighted by Gasteiger charge is 2.22. The van der Waals surface area contributed by atoms with Gasteiger partial charge in [0.2, 0.25) is 10.0 Å². The second-order valence-corrected chi connectivity index (χ2v) is 6.46. The minimum absolute atomic E-state index is 0.131. The summed E-state index contributed by atoms with van der Waals surface area (Å²) in [5.41, 5.74) is 0.991. The van der Waals surface area contributed by atoms with Crippen molar-refractivity contribution in [2.24, 2.45) is 5.14 Å². The zero-order valence-corrected chi connectivity index (χ0v) is 11.6. The van der Waals surface area contributed by atoms with Crippen molar-refractivity contribution >= 4 is 15.7 Å². The third kappa shape index (κ3) is 3.46. The van der Waals surface area contributed by atoms with Gasteiger partial charge in [-0.25, -0.2) is 13.6 Å². The Morgan fingerprint density at radius 2 is 1.95 bits per heavy atom. The molecular formula is C13H20N2O3S. The number of hydrogen-bond acceptors (Lipinski definition) is 4. The van der Waals surface area contributed by atoms with Gasteiger partial charge in [0.05, 0.1) is 4.90 Å². The molecule has 5 nitrogen and oxygen atoms in total.